The van der Waals surface area contributed by atoms with Crippen LogP contribution >= 0.6 is 0 Å². The van der Waals surface area contributed by atoms with Crippen LogP contribution in [-0.2, 0) is 19.4 Å². The lowest BCUT2D eigenvalue weighted by atomic mass is 9.88. The van der Waals surface area contributed by atoms with Crippen molar-refractivity contribution in [2.75, 3.05) is 21.0 Å². The summed E-state index contributed by atoms with van der Waals surface area (Å²) in [7, 11) is 3.26. The van der Waals surface area contributed by atoms with Crippen molar-refractivity contribution in [3.63, 3.8) is 0 Å². The molecule has 0 aliphatic carbocycles. The molecule has 0 unspecified atom stereocenters. The Labute approximate surface area is 205 Å². The molecule has 1 aromatic heterocycles. The summed E-state index contributed by atoms with van der Waals surface area (Å²) in [5, 5.41) is 4.97. The summed E-state index contributed by atoms with van der Waals surface area (Å²) in [6.07, 6.45) is 3.21. The number of aryl methyl sites for hydroxylation is 2. The van der Waals surface area contributed by atoms with E-state index >= 15 is 0 Å². The summed E-state index contributed by atoms with van der Waals surface area (Å²) in [6.45, 7) is 0.936. The van der Waals surface area contributed by atoms with Crippen molar-refractivity contribution in [3.05, 3.63) is 77.0 Å². The quantitative estimate of drug-likeness (QED) is 0.245. The van der Waals surface area contributed by atoms with Crippen LogP contribution in [0, 0.1) is 11.6 Å². The molecule has 0 N–H and O–H groups in total. The Morgan fingerprint density at radius 2 is 1.78 bits per heavy atom. The number of hydrogen-bond acceptors (Lipinski definition) is 4. The van der Waals surface area contributed by atoms with Gasteiger partial charge in [-0.25, -0.2) is 8.78 Å². The van der Waals surface area contributed by atoms with Crippen molar-refractivity contribution in [1.29, 1.82) is 0 Å². The summed E-state index contributed by atoms with van der Waals surface area (Å²) in [5.41, 5.74) is 3.56. The SMILES string of the molecule is COc1ccc2c(c[n+]3c4c2cc(Cc2ccc(F)cc2F)c2c5c(cc(c24)CC3)OCO5)c1OC. The van der Waals surface area contributed by atoms with Crippen molar-refractivity contribution in [1.82, 2.24) is 0 Å². The molecule has 2 aliphatic heterocycles. The molecule has 7 rings (SSSR count). The molecule has 0 spiro atoms. The van der Waals surface area contributed by atoms with Gasteiger partial charge in [-0.15, -0.1) is 0 Å². The first-order valence-corrected chi connectivity index (χ1v) is 11.8. The first-order valence-electron chi connectivity index (χ1n) is 11.8. The maximum absolute atomic E-state index is 14.8. The Hall–Kier alpha value is -4.13. The van der Waals surface area contributed by atoms with Crippen LogP contribution in [0.3, 0.4) is 0 Å². The normalized spacial score (nSPS) is 13.8. The zero-order valence-electron chi connectivity index (χ0n) is 19.8. The highest BCUT2D eigenvalue weighted by Gasteiger charge is 2.32. The zero-order valence-corrected chi connectivity index (χ0v) is 19.8. The van der Waals surface area contributed by atoms with Gasteiger partial charge < -0.3 is 18.9 Å². The standard InChI is InChI=1S/C29H22F2NO4/c1-33-23-6-5-19-20-10-17(9-15-3-4-18(30)12-22(15)31)26-25-16(11-24-29(26)36-14-35-24)7-8-32(27(20)25)13-21(19)28(23)34-2/h3-6,10-13H,7-9,14H2,1-2H3/q+1. The lowest BCUT2D eigenvalue weighted by Gasteiger charge is -2.20. The Kier molecular flexibility index (Phi) is 4.52. The van der Waals surface area contributed by atoms with Gasteiger partial charge in [0.2, 0.25) is 12.3 Å². The highest BCUT2D eigenvalue weighted by atomic mass is 19.1. The van der Waals surface area contributed by atoms with Crippen molar-refractivity contribution in [2.45, 2.75) is 19.4 Å². The van der Waals surface area contributed by atoms with E-state index in [4.69, 9.17) is 18.9 Å². The van der Waals surface area contributed by atoms with Gasteiger partial charge in [0.25, 0.3) is 0 Å². The third kappa shape index (κ3) is 2.89. The van der Waals surface area contributed by atoms with Crippen LogP contribution < -0.4 is 23.5 Å². The number of fused-ring (bicyclic) bond motifs is 4. The van der Waals surface area contributed by atoms with E-state index in [9.17, 15) is 8.78 Å². The molecule has 0 saturated carbocycles. The molecule has 0 radical (unpaired) electrons. The smallest absolute Gasteiger partial charge is 0.231 e. The van der Waals surface area contributed by atoms with Gasteiger partial charge >= 0.3 is 0 Å². The number of nitrogens with zero attached hydrogens (tertiary/aromatic N) is 1. The van der Waals surface area contributed by atoms with Crippen LogP contribution in [0.4, 0.5) is 8.78 Å². The number of benzene rings is 4. The fourth-order valence-electron chi connectivity index (χ4n) is 5.78. The largest absolute Gasteiger partial charge is 0.493 e. The average molecular weight is 486 g/mol. The third-order valence-corrected chi connectivity index (χ3v) is 7.34. The summed E-state index contributed by atoms with van der Waals surface area (Å²) in [5.74, 6) is 1.55. The highest BCUT2D eigenvalue weighted by molar-refractivity contribution is 6.18. The number of ether oxygens (including phenoxy) is 4. The van der Waals surface area contributed by atoms with Crippen LogP contribution in [0.1, 0.15) is 16.7 Å². The Morgan fingerprint density at radius 3 is 2.58 bits per heavy atom. The molecule has 0 bridgehead atoms. The van der Waals surface area contributed by atoms with Gasteiger partial charge in [0, 0.05) is 29.7 Å². The molecule has 0 amide bonds. The molecule has 5 aromatic rings. The van der Waals surface area contributed by atoms with Crippen LogP contribution in [0.15, 0.2) is 48.7 Å². The second-order valence-corrected chi connectivity index (χ2v) is 9.20. The van der Waals surface area contributed by atoms with E-state index in [1.807, 2.05) is 12.1 Å². The second kappa shape index (κ2) is 7.68. The van der Waals surface area contributed by atoms with Gasteiger partial charge in [0.05, 0.1) is 30.4 Å². The first kappa shape index (κ1) is 21.2. The number of pyridine rings is 1. The molecule has 0 atom stereocenters. The molecule has 0 fully saturated rings. The molecule has 4 aromatic carbocycles. The van der Waals surface area contributed by atoms with Crippen LogP contribution in [0.2, 0.25) is 0 Å². The predicted molar refractivity (Wildman–Crippen MR) is 131 cm³/mol. The maximum atomic E-state index is 14.8. The Morgan fingerprint density at radius 1 is 0.889 bits per heavy atom. The second-order valence-electron chi connectivity index (χ2n) is 9.20. The van der Waals surface area contributed by atoms with E-state index in [1.54, 1.807) is 14.2 Å². The Bertz CT molecular complexity index is 1750. The highest BCUT2D eigenvalue weighted by Crippen LogP contribution is 2.48. The molecular weight excluding hydrogens is 464 g/mol. The third-order valence-electron chi connectivity index (χ3n) is 7.34. The van der Waals surface area contributed by atoms with Crippen molar-refractivity contribution in [2.24, 2.45) is 0 Å². The molecule has 180 valence electrons. The lowest BCUT2D eigenvalue weighted by molar-refractivity contribution is -0.670. The fraction of sp³-hybridized carbons (Fsp3) is 0.207. The summed E-state index contributed by atoms with van der Waals surface area (Å²) >= 11 is 0. The minimum atomic E-state index is -0.595. The van der Waals surface area contributed by atoms with E-state index in [0.717, 1.165) is 57.0 Å². The van der Waals surface area contributed by atoms with Gasteiger partial charge in [0.15, 0.2) is 35.7 Å². The predicted octanol–water partition coefficient (Wildman–Crippen LogP) is 5.60. The topological polar surface area (TPSA) is 40.8 Å². The molecule has 0 saturated heterocycles. The molecule has 3 heterocycles. The fourth-order valence-corrected chi connectivity index (χ4v) is 5.78. The van der Waals surface area contributed by atoms with E-state index in [2.05, 4.69) is 22.9 Å². The monoisotopic (exact) mass is 486 g/mol. The van der Waals surface area contributed by atoms with Crippen LogP contribution in [-0.4, -0.2) is 21.0 Å². The van der Waals surface area contributed by atoms with Gasteiger partial charge in [-0.3, -0.25) is 0 Å². The number of hydrogen-bond donors (Lipinski definition) is 0. The van der Waals surface area contributed by atoms with Crippen molar-refractivity contribution < 1.29 is 32.3 Å². The number of halogens is 2. The van der Waals surface area contributed by atoms with Gasteiger partial charge in [-0.1, -0.05) is 6.07 Å². The number of rotatable bonds is 4. The zero-order chi connectivity index (χ0) is 24.6. The summed E-state index contributed by atoms with van der Waals surface area (Å²) in [4.78, 5) is 0. The number of aromatic nitrogens is 1. The van der Waals surface area contributed by atoms with Gasteiger partial charge in [-0.2, -0.15) is 4.57 Å². The van der Waals surface area contributed by atoms with Crippen molar-refractivity contribution >= 4 is 32.4 Å². The van der Waals surface area contributed by atoms with E-state index < -0.39 is 11.6 Å². The number of methoxy groups -OCH3 is 2. The molecule has 7 heteroatoms. The van der Waals surface area contributed by atoms with Crippen LogP contribution in [0.5, 0.6) is 23.0 Å². The molecular formula is C29H22F2NO4+. The van der Waals surface area contributed by atoms with E-state index in [0.29, 0.717) is 28.6 Å². The van der Waals surface area contributed by atoms with Gasteiger partial charge in [-0.05, 0) is 47.0 Å². The summed E-state index contributed by atoms with van der Waals surface area (Å²) in [6, 6.07) is 11.8. The summed E-state index contributed by atoms with van der Waals surface area (Å²) < 4.78 is 53.7. The van der Waals surface area contributed by atoms with Crippen molar-refractivity contribution in [3.8, 4) is 23.0 Å². The van der Waals surface area contributed by atoms with E-state index in [1.165, 1.54) is 17.7 Å². The Balaban J connectivity index is 1.63. The van der Waals surface area contributed by atoms with E-state index in [-0.39, 0.29) is 13.2 Å². The van der Waals surface area contributed by atoms with Crippen LogP contribution in [0.25, 0.3) is 32.4 Å². The minimum Gasteiger partial charge on any atom is -0.493 e. The minimum absolute atomic E-state index is 0.144. The maximum Gasteiger partial charge on any atom is 0.231 e. The van der Waals surface area contributed by atoms with Gasteiger partial charge in [0.1, 0.15) is 11.6 Å². The molecule has 5 nitrogen and oxygen atoms in total. The first-order chi connectivity index (χ1) is 17.6. The molecule has 36 heavy (non-hydrogen) atoms. The molecule has 2 aliphatic rings. The average Bonchev–Trinajstić information content (AvgIpc) is 3.36. The lowest BCUT2D eigenvalue weighted by Crippen LogP contribution is -2.38.